The van der Waals surface area contributed by atoms with Crippen molar-refractivity contribution in [2.24, 2.45) is 5.92 Å². The van der Waals surface area contributed by atoms with E-state index in [-0.39, 0.29) is 0 Å². The highest BCUT2D eigenvalue weighted by molar-refractivity contribution is 5.42. The molecule has 0 unspecified atom stereocenters. The molecule has 2 aromatic rings. The molecule has 0 atom stereocenters. The predicted molar refractivity (Wildman–Crippen MR) is 95.0 cm³/mol. The third-order valence-electron chi connectivity index (χ3n) is 3.49. The zero-order valence-corrected chi connectivity index (χ0v) is 14.4. The third kappa shape index (κ3) is 5.77. The molecule has 2 N–H and O–H groups in total. The molecule has 124 valence electrons. The average Bonchev–Trinajstić information content (AvgIpc) is 2.52. The largest absolute Gasteiger partial charge is 0.497 e. The molecular formula is C18H26N4O. The zero-order chi connectivity index (χ0) is 16.7. The normalized spacial score (nSPS) is 10.7. The third-order valence-corrected chi connectivity index (χ3v) is 3.49. The van der Waals surface area contributed by atoms with Crippen molar-refractivity contribution in [3.05, 3.63) is 41.6 Å². The van der Waals surface area contributed by atoms with Crippen molar-refractivity contribution in [3.8, 4) is 5.75 Å². The standard InChI is InChI=1S/C18H26N4O/c1-13(2)9-10-19-17-11-14(3)21-18(22-17)20-12-15-5-7-16(23-4)8-6-15/h5-8,11,13H,9-10,12H2,1-4H3,(H2,19,20,21,22). The highest BCUT2D eigenvalue weighted by atomic mass is 16.5. The number of benzene rings is 1. The van der Waals surface area contributed by atoms with Crippen LogP contribution in [0, 0.1) is 12.8 Å². The van der Waals surface area contributed by atoms with Crippen LogP contribution < -0.4 is 15.4 Å². The van der Waals surface area contributed by atoms with E-state index in [9.17, 15) is 0 Å². The maximum absolute atomic E-state index is 5.16. The van der Waals surface area contributed by atoms with E-state index < -0.39 is 0 Å². The first-order valence-electron chi connectivity index (χ1n) is 8.03. The van der Waals surface area contributed by atoms with Crippen LogP contribution in [0.2, 0.25) is 0 Å². The smallest absolute Gasteiger partial charge is 0.225 e. The Bertz CT molecular complexity index is 611. The van der Waals surface area contributed by atoms with Crippen LogP contribution in [0.3, 0.4) is 0 Å². The van der Waals surface area contributed by atoms with Crippen LogP contribution in [-0.4, -0.2) is 23.6 Å². The van der Waals surface area contributed by atoms with Gasteiger partial charge in [-0.2, -0.15) is 4.98 Å². The second-order valence-electron chi connectivity index (χ2n) is 6.03. The van der Waals surface area contributed by atoms with E-state index in [1.54, 1.807) is 7.11 Å². The summed E-state index contributed by atoms with van der Waals surface area (Å²) in [4.78, 5) is 8.96. The van der Waals surface area contributed by atoms with E-state index in [1.165, 1.54) is 0 Å². The van der Waals surface area contributed by atoms with Crippen molar-refractivity contribution in [1.29, 1.82) is 0 Å². The van der Waals surface area contributed by atoms with Crippen molar-refractivity contribution < 1.29 is 4.74 Å². The van der Waals surface area contributed by atoms with Crippen LogP contribution in [0.15, 0.2) is 30.3 Å². The quantitative estimate of drug-likeness (QED) is 0.774. The summed E-state index contributed by atoms with van der Waals surface area (Å²) in [6.07, 6.45) is 1.12. The maximum Gasteiger partial charge on any atom is 0.225 e. The number of anilines is 2. The Morgan fingerprint density at radius 3 is 2.48 bits per heavy atom. The molecule has 0 aliphatic rings. The Morgan fingerprint density at radius 2 is 1.83 bits per heavy atom. The second kappa shape index (κ2) is 8.36. The number of hydrogen-bond acceptors (Lipinski definition) is 5. The minimum absolute atomic E-state index is 0.646. The van der Waals surface area contributed by atoms with Gasteiger partial charge in [-0.05, 0) is 37.0 Å². The molecule has 0 aliphatic heterocycles. The van der Waals surface area contributed by atoms with Crippen LogP contribution in [0.1, 0.15) is 31.5 Å². The van der Waals surface area contributed by atoms with Crippen LogP contribution in [0.4, 0.5) is 11.8 Å². The summed E-state index contributed by atoms with van der Waals surface area (Å²) in [5.41, 5.74) is 2.11. The van der Waals surface area contributed by atoms with Gasteiger partial charge in [-0.1, -0.05) is 26.0 Å². The average molecular weight is 314 g/mol. The molecule has 0 aliphatic carbocycles. The molecule has 0 fully saturated rings. The fourth-order valence-electron chi connectivity index (χ4n) is 2.15. The Kier molecular flexibility index (Phi) is 6.20. The SMILES string of the molecule is COc1ccc(CNc2nc(C)cc(NCCC(C)C)n2)cc1. The summed E-state index contributed by atoms with van der Waals surface area (Å²) in [5, 5.41) is 6.64. The zero-order valence-electron chi connectivity index (χ0n) is 14.4. The van der Waals surface area contributed by atoms with Crippen LogP contribution in [0.5, 0.6) is 5.75 Å². The Labute approximate surface area is 138 Å². The molecule has 0 radical (unpaired) electrons. The summed E-state index contributed by atoms with van der Waals surface area (Å²) in [6, 6.07) is 9.94. The number of nitrogens with one attached hydrogen (secondary N) is 2. The summed E-state index contributed by atoms with van der Waals surface area (Å²) in [5.74, 6) is 3.05. The second-order valence-corrected chi connectivity index (χ2v) is 6.03. The molecule has 1 aromatic carbocycles. The van der Waals surface area contributed by atoms with E-state index in [0.717, 1.165) is 35.8 Å². The van der Waals surface area contributed by atoms with Crippen LogP contribution in [0.25, 0.3) is 0 Å². The Hall–Kier alpha value is -2.30. The minimum Gasteiger partial charge on any atom is -0.497 e. The van der Waals surface area contributed by atoms with Crippen molar-refractivity contribution in [2.45, 2.75) is 33.7 Å². The monoisotopic (exact) mass is 314 g/mol. The van der Waals surface area contributed by atoms with Crippen LogP contribution in [-0.2, 0) is 6.54 Å². The number of nitrogens with zero attached hydrogens (tertiary/aromatic N) is 2. The number of rotatable bonds is 8. The molecule has 5 heteroatoms. The topological polar surface area (TPSA) is 59.1 Å². The summed E-state index contributed by atoms with van der Waals surface area (Å²) >= 11 is 0. The van der Waals surface area contributed by atoms with Gasteiger partial charge in [0.2, 0.25) is 5.95 Å². The van der Waals surface area contributed by atoms with E-state index in [1.807, 2.05) is 37.3 Å². The molecule has 0 bridgehead atoms. The lowest BCUT2D eigenvalue weighted by molar-refractivity contribution is 0.414. The lowest BCUT2D eigenvalue weighted by atomic mass is 10.1. The van der Waals surface area contributed by atoms with Crippen LogP contribution >= 0.6 is 0 Å². The Balaban J connectivity index is 1.94. The maximum atomic E-state index is 5.16. The van der Waals surface area contributed by atoms with Gasteiger partial charge in [-0.15, -0.1) is 0 Å². The molecule has 0 spiro atoms. The molecule has 0 saturated heterocycles. The fraction of sp³-hybridized carbons (Fsp3) is 0.444. The summed E-state index contributed by atoms with van der Waals surface area (Å²) in [6.45, 7) is 8.02. The van der Waals surface area contributed by atoms with Gasteiger partial charge in [0.25, 0.3) is 0 Å². The van der Waals surface area contributed by atoms with Gasteiger partial charge >= 0.3 is 0 Å². The minimum atomic E-state index is 0.646. The number of ether oxygens (including phenoxy) is 1. The lowest BCUT2D eigenvalue weighted by Crippen LogP contribution is -2.10. The van der Waals surface area contributed by atoms with E-state index >= 15 is 0 Å². The molecular weight excluding hydrogens is 288 g/mol. The van der Waals surface area contributed by atoms with Crippen molar-refractivity contribution in [2.75, 3.05) is 24.3 Å². The molecule has 1 heterocycles. The number of hydrogen-bond donors (Lipinski definition) is 2. The molecule has 0 amide bonds. The van der Waals surface area contributed by atoms with E-state index in [0.29, 0.717) is 18.4 Å². The van der Waals surface area contributed by atoms with Gasteiger partial charge in [-0.25, -0.2) is 4.98 Å². The van der Waals surface area contributed by atoms with Gasteiger partial charge in [-0.3, -0.25) is 0 Å². The van der Waals surface area contributed by atoms with Crippen molar-refractivity contribution in [1.82, 2.24) is 9.97 Å². The molecule has 1 aromatic heterocycles. The van der Waals surface area contributed by atoms with Crippen molar-refractivity contribution in [3.63, 3.8) is 0 Å². The van der Waals surface area contributed by atoms with Gasteiger partial charge in [0.15, 0.2) is 0 Å². The first-order chi connectivity index (χ1) is 11.1. The molecule has 0 saturated carbocycles. The number of aryl methyl sites for hydroxylation is 1. The molecule has 2 rings (SSSR count). The lowest BCUT2D eigenvalue weighted by Gasteiger charge is -2.11. The van der Waals surface area contributed by atoms with Crippen molar-refractivity contribution >= 4 is 11.8 Å². The number of methoxy groups -OCH3 is 1. The van der Waals surface area contributed by atoms with Gasteiger partial charge in [0.05, 0.1) is 7.11 Å². The first kappa shape index (κ1) is 17.1. The van der Waals surface area contributed by atoms with E-state index in [4.69, 9.17) is 4.74 Å². The highest BCUT2D eigenvalue weighted by Gasteiger charge is 2.03. The van der Waals surface area contributed by atoms with E-state index in [2.05, 4.69) is 34.4 Å². The summed E-state index contributed by atoms with van der Waals surface area (Å²) < 4.78 is 5.16. The highest BCUT2D eigenvalue weighted by Crippen LogP contribution is 2.14. The van der Waals surface area contributed by atoms with Gasteiger partial charge < -0.3 is 15.4 Å². The fourth-order valence-corrected chi connectivity index (χ4v) is 2.15. The first-order valence-corrected chi connectivity index (χ1v) is 8.03. The number of aromatic nitrogens is 2. The van der Waals surface area contributed by atoms with Gasteiger partial charge in [0.1, 0.15) is 11.6 Å². The van der Waals surface area contributed by atoms with Gasteiger partial charge in [0, 0.05) is 24.8 Å². The Morgan fingerprint density at radius 1 is 1.09 bits per heavy atom. The predicted octanol–water partition coefficient (Wildman–Crippen LogP) is 3.86. The molecule has 23 heavy (non-hydrogen) atoms. The molecule has 5 nitrogen and oxygen atoms in total. The summed E-state index contributed by atoms with van der Waals surface area (Å²) in [7, 11) is 1.67.